The van der Waals surface area contributed by atoms with Crippen molar-refractivity contribution in [2.75, 3.05) is 13.7 Å². The minimum atomic E-state index is -0.957. The predicted molar refractivity (Wildman–Crippen MR) is 124 cm³/mol. The average Bonchev–Trinajstić information content (AvgIpc) is 3.07. The molecule has 1 atom stereocenters. The number of ether oxygens (including phenoxy) is 2. The summed E-state index contributed by atoms with van der Waals surface area (Å²) in [6.45, 7) is 5.36. The maximum Gasteiger partial charge on any atom is 0.410 e. The van der Waals surface area contributed by atoms with Crippen LogP contribution in [0.25, 0.3) is 11.1 Å². The van der Waals surface area contributed by atoms with Crippen LogP contribution in [0.3, 0.4) is 0 Å². The monoisotopic (exact) mass is 453 g/mol. The van der Waals surface area contributed by atoms with Gasteiger partial charge >= 0.3 is 18.0 Å². The lowest BCUT2D eigenvalue weighted by Crippen LogP contribution is -2.45. The Labute approximate surface area is 194 Å². The van der Waals surface area contributed by atoms with Crippen LogP contribution >= 0.6 is 0 Å². The number of aliphatic carboxylic acids is 1. The van der Waals surface area contributed by atoms with Crippen LogP contribution in [0.1, 0.15) is 57.1 Å². The first kappa shape index (κ1) is 24.3. The first-order valence-corrected chi connectivity index (χ1v) is 11.1. The molecular formula is C26H31NO6. The zero-order valence-electron chi connectivity index (χ0n) is 19.5. The summed E-state index contributed by atoms with van der Waals surface area (Å²) < 4.78 is 11.1. The molecule has 176 valence electrons. The van der Waals surface area contributed by atoms with Gasteiger partial charge in [0.2, 0.25) is 0 Å². The second-order valence-electron chi connectivity index (χ2n) is 9.25. The third kappa shape index (κ3) is 5.92. The standard InChI is InChI=1S/C26H31NO6/c1-26(2,3)33-24(30)22(14-9-15-23(28)29)27(4)25(31)32-16-21-19-12-7-5-10-17(19)18-11-6-8-13-20(18)21/h5-8,10-13,21-22H,9,14-16H2,1-4H3,(H,28,29)/t22-/m0/s1. The first-order chi connectivity index (χ1) is 15.6. The molecule has 0 bridgehead atoms. The second-order valence-corrected chi connectivity index (χ2v) is 9.25. The lowest BCUT2D eigenvalue weighted by Gasteiger charge is -2.29. The summed E-state index contributed by atoms with van der Waals surface area (Å²) in [6.07, 6.45) is -0.344. The molecule has 7 nitrogen and oxygen atoms in total. The van der Waals surface area contributed by atoms with Crippen LogP contribution in [0.4, 0.5) is 4.79 Å². The van der Waals surface area contributed by atoms with E-state index in [1.807, 2.05) is 36.4 Å². The topological polar surface area (TPSA) is 93.1 Å². The molecule has 1 amide bonds. The average molecular weight is 454 g/mol. The molecule has 0 heterocycles. The number of likely N-dealkylation sites (N-methyl/N-ethyl adjacent to an activating group) is 1. The molecule has 2 aromatic rings. The summed E-state index contributed by atoms with van der Waals surface area (Å²) in [6, 6.07) is 15.2. The van der Waals surface area contributed by atoms with Crippen molar-refractivity contribution in [3.8, 4) is 11.1 Å². The van der Waals surface area contributed by atoms with Crippen molar-refractivity contribution in [3.63, 3.8) is 0 Å². The number of fused-ring (bicyclic) bond motifs is 3. The molecular weight excluding hydrogens is 422 g/mol. The lowest BCUT2D eigenvalue weighted by atomic mass is 9.98. The summed E-state index contributed by atoms with van der Waals surface area (Å²) >= 11 is 0. The quantitative estimate of drug-likeness (QED) is 0.576. The van der Waals surface area contributed by atoms with Gasteiger partial charge in [0.15, 0.2) is 0 Å². The van der Waals surface area contributed by atoms with Crippen molar-refractivity contribution >= 4 is 18.0 Å². The van der Waals surface area contributed by atoms with E-state index in [-0.39, 0.29) is 31.8 Å². The molecule has 7 heteroatoms. The van der Waals surface area contributed by atoms with E-state index >= 15 is 0 Å². The molecule has 0 radical (unpaired) electrons. The minimum Gasteiger partial charge on any atom is -0.481 e. The molecule has 0 aromatic heterocycles. The van der Waals surface area contributed by atoms with Gasteiger partial charge in [0.25, 0.3) is 0 Å². The highest BCUT2D eigenvalue weighted by molar-refractivity contribution is 5.82. The van der Waals surface area contributed by atoms with Gasteiger partial charge in [-0.3, -0.25) is 9.69 Å². The molecule has 33 heavy (non-hydrogen) atoms. The highest BCUT2D eigenvalue weighted by Gasteiger charge is 2.34. The molecule has 3 rings (SSSR count). The molecule has 0 aliphatic heterocycles. The van der Waals surface area contributed by atoms with E-state index < -0.39 is 29.7 Å². The molecule has 0 saturated carbocycles. The number of benzene rings is 2. The van der Waals surface area contributed by atoms with Crippen LogP contribution in [0.5, 0.6) is 0 Å². The number of amides is 1. The number of hydrogen-bond donors (Lipinski definition) is 1. The van der Waals surface area contributed by atoms with Gasteiger partial charge < -0.3 is 14.6 Å². The van der Waals surface area contributed by atoms with E-state index in [0.29, 0.717) is 0 Å². The van der Waals surface area contributed by atoms with Gasteiger partial charge in [0, 0.05) is 19.4 Å². The Morgan fingerprint density at radius 3 is 2.06 bits per heavy atom. The molecule has 2 aromatic carbocycles. The van der Waals surface area contributed by atoms with Crippen LogP contribution in [0, 0.1) is 0 Å². The number of nitrogens with zero attached hydrogens (tertiary/aromatic N) is 1. The molecule has 1 aliphatic carbocycles. The summed E-state index contributed by atoms with van der Waals surface area (Å²) in [7, 11) is 1.48. The van der Waals surface area contributed by atoms with E-state index in [1.165, 1.54) is 11.9 Å². The summed E-state index contributed by atoms with van der Waals surface area (Å²) in [5, 5.41) is 8.94. The summed E-state index contributed by atoms with van der Waals surface area (Å²) in [5.41, 5.74) is 3.72. The fourth-order valence-electron chi connectivity index (χ4n) is 4.11. The highest BCUT2D eigenvalue weighted by atomic mass is 16.6. The van der Waals surface area contributed by atoms with Crippen LogP contribution in [-0.2, 0) is 19.1 Å². The van der Waals surface area contributed by atoms with Gasteiger partial charge in [-0.2, -0.15) is 0 Å². The van der Waals surface area contributed by atoms with E-state index in [4.69, 9.17) is 14.6 Å². The number of carbonyl (C=O) groups excluding carboxylic acids is 2. The van der Waals surface area contributed by atoms with Crippen molar-refractivity contribution in [1.29, 1.82) is 0 Å². The Bertz CT molecular complexity index is 980. The fourth-order valence-corrected chi connectivity index (χ4v) is 4.11. The Hall–Kier alpha value is -3.35. The van der Waals surface area contributed by atoms with Gasteiger partial charge in [-0.15, -0.1) is 0 Å². The predicted octanol–water partition coefficient (Wildman–Crippen LogP) is 4.83. The summed E-state index contributed by atoms with van der Waals surface area (Å²) in [4.78, 5) is 37.8. The number of esters is 1. The molecule has 0 saturated heterocycles. The SMILES string of the molecule is CN(C(=O)OCC1c2ccccc2-c2ccccc21)[C@@H](CCCC(=O)O)C(=O)OC(C)(C)C. The fraction of sp³-hybridized carbons (Fsp3) is 0.423. The summed E-state index contributed by atoms with van der Waals surface area (Å²) in [5.74, 6) is -1.63. The Morgan fingerprint density at radius 2 is 1.55 bits per heavy atom. The van der Waals surface area contributed by atoms with Crippen LogP contribution < -0.4 is 0 Å². The van der Waals surface area contributed by atoms with E-state index in [1.54, 1.807) is 20.8 Å². The maximum absolute atomic E-state index is 12.9. The van der Waals surface area contributed by atoms with E-state index in [2.05, 4.69) is 12.1 Å². The molecule has 0 spiro atoms. The highest BCUT2D eigenvalue weighted by Crippen LogP contribution is 2.44. The van der Waals surface area contributed by atoms with Gasteiger partial charge in [0.05, 0.1) is 0 Å². The molecule has 1 aliphatic rings. The van der Waals surface area contributed by atoms with Crippen molar-refractivity contribution in [1.82, 2.24) is 4.90 Å². The van der Waals surface area contributed by atoms with E-state index in [9.17, 15) is 14.4 Å². The Morgan fingerprint density at radius 1 is 1.00 bits per heavy atom. The molecule has 0 unspecified atom stereocenters. The van der Waals surface area contributed by atoms with Gasteiger partial charge in [-0.25, -0.2) is 9.59 Å². The van der Waals surface area contributed by atoms with E-state index in [0.717, 1.165) is 22.3 Å². The number of carboxylic acids is 1. The van der Waals surface area contributed by atoms with Crippen LogP contribution in [-0.4, -0.2) is 53.3 Å². The van der Waals surface area contributed by atoms with Crippen LogP contribution in [0.15, 0.2) is 48.5 Å². The zero-order valence-corrected chi connectivity index (χ0v) is 19.5. The number of carboxylic acid groups (broad SMARTS) is 1. The van der Waals surface area contributed by atoms with Gasteiger partial charge in [-0.1, -0.05) is 48.5 Å². The first-order valence-electron chi connectivity index (χ1n) is 11.1. The minimum absolute atomic E-state index is 0.0956. The third-order valence-corrected chi connectivity index (χ3v) is 5.64. The molecule has 1 N–H and O–H groups in total. The van der Waals surface area contributed by atoms with Crippen molar-refractivity contribution in [2.24, 2.45) is 0 Å². The Balaban J connectivity index is 1.72. The third-order valence-electron chi connectivity index (χ3n) is 5.64. The Kier molecular flexibility index (Phi) is 7.41. The van der Waals surface area contributed by atoms with Crippen LogP contribution in [0.2, 0.25) is 0 Å². The van der Waals surface area contributed by atoms with Crippen molar-refractivity contribution < 1.29 is 29.0 Å². The normalized spacial score (nSPS) is 13.6. The number of hydrogen-bond acceptors (Lipinski definition) is 5. The lowest BCUT2D eigenvalue weighted by molar-refractivity contribution is -0.161. The van der Waals surface area contributed by atoms with Gasteiger partial charge in [0.1, 0.15) is 18.2 Å². The second kappa shape index (κ2) is 10.1. The van der Waals surface area contributed by atoms with Crippen molar-refractivity contribution in [2.45, 2.75) is 57.6 Å². The number of rotatable bonds is 8. The molecule has 0 fully saturated rings. The zero-order chi connectivity index (χ0) is 24.2. The maximum atomic E-state index is 12.9. The van der Waals surface area contributed by atoms with Crippen molar-refractivity contribution in [3.05, 3.63) is 59.7 Å². The number of carbonyl (C=O) groups is 3. The largest absolute Gasteiger partial charge is 0.481 e. The smallest absolute Gasteiger partial charge is 0.410 e. The van der Waals surface area contributed by atoms with Gasteiger partial charge in [-0.05, 0) is 55.9 Å².